The zero-order valence-electron chi connectivity index (χ0n) is 18.3. The van der Waals surface area contributed by atoms with Gasteiger partial charge in [0.25, 0.3) is 0 Å². The highest BCUT2D eigenvalue weighted by molar-refractivity contribution is 5.99. The number of hydrogen-bond acceptors (Lipinski definition) is 2. The molecule has 0 saturated carbocycles. The van der Waals surface area contributed by atoms with Crippen LogP contribution in [0.25, 0.3) is 0 Å². The first-order valence-electron chi connectivity index (χ1n) is 11.2. The van der Waals surface area contributed by atoms with Gasteiger partial charge in [-0.25, -0.2) is 4.79 Å². The summed E-state index contributed by atoms with van der Waals surface area (Å²) in [6, 6.07) is 27.7. The average Bonchev–Trinajstić information content (AvgIpc) is 2.80. The molecule has 1 unspecified atom stereocenters. The van der Waals surface area contributed by atoms with Crippen LogP contribution in [0.4, 0.5) is 16.2 Å². The molecular weight excluding hydrogens is 396 g/mol. The van der Waals surface area contributed by atoms with Gasteiger partial charge in [-0.1, -0.05) is 60.7 Å². The molecular formula is C27H30N4O. The largest absolute Gasteiger partial charge is 0.360 e. The molecule has 0 spiro atoms. The molecule has 3 N–H and O–H groups in total. The molecule has 2 amide bonds. The Morgan fingerprint density at radius 3 is 2.28 bits per heavy atom. The summed E-state index contributed by atoms with van der Waals surface area (Å²) < 4.78 is 0. The van der Waals surface area contributed by atoms with Crippen molar-refractivity contribution in [3.05, 3.63) is 96.1 Å². The SMILES string of the molecule is N=C1CC(Cc2ccccc2)CCN1CCc1cccc(NC(=O)Nc2ccccc2)c1. The van der Waals surface area contributed by atoms with E-state index in [2.05, 4.69) is 45.9 Å². The summed E-state index contributed by atoms with van der Waals surface area (Å²) in [6.45, 7) is 1.77. The Balaban J connectivity index is 1.25. The third kappa shape index (κ3) is 6.20. The lowest BCUT2D eigenvalue weighted by molar-refractivity contribution is 0.262. The van der Waals surface area contributed by atoms with Crippen molar-refractivity contribution in [3.63, 3.8) is 0 Å². The van der Waals surface area contributed by atoms with E-state index < -0.39 is 0 Å². The molecule has 3 aromatic carbocycles. The molecule has 1 heterocycles. The number of carbonyl (C=O) groups excluding carboxylic acids is 1. The number of piperidine rings is 1. The minimum absolute atomic E-state index is 0.254. The fraction of sp³-hybridized carbons (Fsp3) is 0.259. The quantitative estimate of drug-likeness (QED) is 0.447. The first-order valence-corrected chi connectivity index (χ1v) is 11.2. The van der Waals surface area contributed by atoms with E-state index in [4.69, 9.17) is 5.41 Å². The summed E-state index contributed by atoms with van der Waals surface area (Å²) in [5.74, 6) is 1.30. The number of benzene rings is 3. The van der Waals surface area contributed by atoms with E-state index in [0.29, 0.717) is 5.92 Å². The lowest BCUT2D eigenvalue weighted by Gasteiger charge is -2.34. The van der Waals surface area contributed by atoms with Gasteiger partial charge in [-0.05, 0) is 60.6 Å². The van der Waals surface area contributed by atoms with E-state index in [1.807, 2.05) is 54.6 Å². The van der Waals surface area contributed by atoms with Gasteiger partial charge in [0, 0.05) is 30.9 Å². The molecule has 32 heavy (non-hydrogen) atoms. The molecule has 5 nitrogen and oxygen atoms in total. The predicted molar refractivity (Wildman–Crippen MR) is 131 cm³/mol. The van der Waals surface area contributed by atoms with Gasteiger partial charge in [-0.2, -0.15) is 0 Å². The van der Waals surface area contributed by atoms with Crippen LogP contribution < -0.4 is 10.6 Å². The Hall–Kier alpha value is -3.60. The number of nitrogens with zero attached hydrogens (tertiary/aromatic N) is 1. The molecule has 0 aliphatic carbocycles. The highest BCUT2D eigenvalue weighted by Gasteiger charge is 2.23. The standard InChI is InChI=1S/C27H30N4O/c28-26-20-23(18-21-8-3-1-4-9-21)15-17-31(26)16-14-22-10-7-13-25(19-22)30-27(32)29-24-11-5-2-6-12-24/h1-13,19,23,28H,14-18,20H2,(H2,29,30,32). The number of urea groups is 1. The number of amidine groups is 1. The predicted octanol–water partition coefficient (Wildman–Crippen LogP) is 5.81. The van der Waals surface area contributed by atoms with Crippen molar-refractivity contribution < 1.29 is 4.79 Å². The number of para-hydroxylation sites is 1. The van der Waals surface area contributed by atoms with Crippen LogP contribution in [0.2, 0.25) is 0 Å². The van der Waals surface area contributed by atoms with Crippen molar-refractivity contribution in [1.29, 1.82) is 5.41 Å². The van der Waals surface area contributed by atoms with Gasteiger partial charge >= 0.3 is 6.03 Å². The Morgan fingerprint density at radius 2 is 1.53 bits per heavy atom. The summed E-state index contributed by atoms with van der Waals surface area (Å²) in [5, 5.41) is 14.2. The number of nitrogens with one attached hydrogen (secondary N) is 3. The Morgan fingerprint density at radius 1 is 0.875 bits per heavy atom. The molecule has 0 bridgehead atoms. The maximum atomic E-state index is 12.2. The van der Waals surface area contributed by atoms with E-state index in [-0.39, 0.29) is 6.03 Å². The van der Waals surface area contributed by atoms with Gasteiger partial charge in [-0.15, -0.1) is 0 Å². The highest BCUT2D eigenvalue weighted by Crippen LogP contribution is 2.23. The molecule has 4 rings (SSSR count). The van der Waals surface area contributed by atoms with Crippen LogP contribution >= 0.6 is 0 Å². The molecule has 1 fully saturated rings. The average molecular weight is 427 g/mol. The zero-order valence-corrected chi connectivity index (χ0v) is 18.3. The molecule has 164 valence electrons. The van der Waals surface area contributed by atoms with Crippen LogP contribution in [0.15, 0.2) is 84.9 Å². The third-order valence-electron chi connectivity index (χ3n) is 5.93. The van der Waals surface area contributed by atoms with Crippen LogP contribution in [0, 0.1) is 11.3 Å². The van der Waals surface area contributed by atoms with Crippen LogP contribution in [0.1, 0.15) is 24.0 Å². The normalized spacial score (nSPS) is 15.9. The van der Waals surface area contributed by atoms with Gasteiger partial charge in [0.05, 0.1) is 5.84 Å². The molecule has 1 saturated heterocycles. The first kappa shape index (κ1) is 21.6. The molecule has 1 aliphatic rings. The molecule has 0 aromatic heterocycles. The topological polar surface area (TPSA) is 68.2 Å². The second-order valence-electron chi connectivity index (χ2n) is 8.38. The van der Waals surface area contributed by atoms with Crippen LogP contribution in [0.5, 0.6) is 0 Å². The minimum atomic E-state index is -0.254. The maximum Gasteiger partial charge on any atom is 0.323 e. The number of anilines is 2. The molecule has 3 aromatic rings. The van der Waals surface area contributed by atoms with E-state index in [1.54, 1.807) is 0 Å². The van der Waals surface area contributed by atoms with Crippen molar-refractivity contribution in [2.75, 3.05) is 23.7 Å². The highest BCUT2D eigenvalue weighted by atomic mass is 16.2. The minimum Gasteiger partial charge on any atom is -0.360 e. The number of rotatable bonds is 7. The van der Waals surface area contributed by atoms with Gasteiger partial charge in [0.15, 0.2) is 0 Å². The Bertz CT molecular complexity index is 1040. The number of carbonyl (C=O) groups is 1. The molecule has 0 radical (unpaired) electrons. The van der Waals surface area contributed by atoms with Gasteiger partial charge in [0.1, 0.15) is 0 Å². The molecule has 1 atom stereocenters. The second kappa shape index (κ2) is 10.6. The summed E-state index contributed by atoms with van der Waals surface area (Å²) in [7, 11) is 0. The first-order chi connectivity index (χ1) is 15.7. The second-order valence-corrected chi connectivity index (χ2v) is 8.38. The lowest BCUT2D eigenvalue weighted by atomic mass is 9.89. The van der Waals surface area contributed by atoms with Crippen molar-refractivity contribution in [2.45, 2.75) is 25.7 Å². The summed E-state index contributed by atoms with van der Waals surface area (Å²) in [6.07, 6.45) is 3.87. The number of hydrogen-bond donors (Lipinski definition) is 3. The summed E-state index contributed by atoms with van der Waals surface area (Å²) >= 11 is 0. The summed E-state index contributed by atoms with van der Waals surface area (Å²) in [4.78, 5) is 14.4. The van der Waals surface area contributed by atoms with Crippen LogP contribution in [0.3, 0.4) is 0 Å². The Kier molecular flexibility index (Phi) is 7.18. The zero-order chi connectivity index (χ0) is 22.2. The fourth-order valence-corrected chi connectivity index (χ4v) is 4.23. The van der Waals surface area contributed by atoms with Crippen molar-refractivity contribution in [3.8, 4) is 0 Å². The van der Waals surface area contributed by atoms with Gasteiger partial charge in [0.2, 0.25) is 0 Å². The van der Waals surface area contributed by atoms with Crippen molar-refractivity contribution in [1.82, 2.24) is 4.90 Å². The van der Waals surface area contributed by atoms with Crippen LogP contribution in [-0.2, 0) is 12.8 Å². The Labute approximate surface area is 190 Å². The smallest absolute Gasteiger partial charge is 0.323 e. The molecule has 1 aliphatic heterocycles. The number of likely N-dealkylation sites (tertiary alicyclic amines) is 1. The van der Waals surface area contributed by atoms with Crippen LogP contribution in [-0.4, -0.2) is 29.9 Å². The van der Waals surface area contributed by atoms with E-state index in [9.17, 15) is 4.79 Å². The fourth-order valence-electron chi connectivity index (χ4n) is 4.23. The van der Waals surface area contributed by atoms with Gasteiger partial charge in [-0.3, -0.25) is 5.41 Å². The summed E-state index contributed by atoms with van der Waals surface area (Å²) in [5.41, 5.74) is 4.05. The van der Waals surface area contributed by atoms with Crippen molar-refractivity contribution >= 4 is 23.2 Å². The van der Waals surface area contributed by atoms with E-state index in [1.165, 1.54) is 5.56 Å². The van der Waals surface area contributed by atoms with Crippen molar-refractivity contribution in [2.24, 2.45) is 5.92 Å². The van der Waals surface area contributed by atoms with Gasteiger partial charge < -0.3 is 15.5 Å². The monoisotopic (exact) mass is 426 g/mol. The lowest BCUT2D eigenvalue weighted by Crippen LogP contribution is -2.40. The van der Waals surface area contributed by atoms with E-state index in [0.717, 1.165) is 61.5 Å². The van der Waals surface area contributed by atoms with E-state index >= 15 is 0 Å². The third-order valence-corrected chi connectivity index (χ3v) is 5.93. The molecule has 5 heteroatoms. The maximum absolute atomic E-state index is 12.2. The number of amides is 2.